The molecule has 0 aliphatic heterocycles. The van der Waals surface area contributed by atoms with Crippen molar-refractivity contribution in [1.29, 1.82) is 0 Å². The van der Waals surface area contributed by atoms with Crippen LogP contribution in [0.4, 0.5) is 5.69 Å². The maximum absolute atomic E-state index is 11.4. The van der Waals surface area contributed by atoms with Gasteiger partial charge in [0.25, 0.3) is 10.1 Å². The number of amides is 1. The molecule has 0 aromatic heterocycles. The van der Waals surface area contributed by atoms with Crippen LogP contribution in [-0.4, -0.2) is 37.7 Å². The van der Waals surface area contributed by atoms with E-state index in [-0.39, 0.29) is 10.8 Å². The maximum atomic E-state index is 11.4. The molecule has 1 amide bonds. The van der Waals surface area contributed by atoms with Crippen molar-refractivity contribution in [3.8, 4) is 0 Å². The van der Waals surface area contributed by atoms with Crippen LogP contribution < -0.4 is 10.6 Å². The third-order valence-corrected chi connectivity index (χ3v) is 4.40. The number of rotatable bonds is 7. The van der Waals surface area contributed by atoms with E-state index in [1.807, 2.05) is 6.07 Å². The monoisotopic (exact) mass is 354 g/mol. The number of thiol groups is 1. The molecule has 6 nitrogen and oxygen atoms in total. The van der Waals surface area contributed by atoms with Crippen molar-refractivity contribution in [1.82, 2.24) is 5.32 Å². The van der Waals surface area contributed by atoms with E-state index in [9.17, 15) is 17.8 Å². The molecule has 23 heavy (non-hydrogen) atoms. The van der Waals surface area contributed by atoms with Gasteiger partial charge in [-0.2, -0.15) is 21.0 Å². The Morgan fingerprint density at radius 2 is 1.78 bits per heavy atom. The van der Waals surface area contributed by atoms with Crippen molar-refractivity contribution in [3.05, 3.63) is 36.4 Å². The fourth-order valence-electron chi connectivity index (χ4n) is 2.25. The van der Waals surface area contributed by atoms with E-state index in [1.54, 1.807) is 24.3 Å². The number of hydrogen-bond acceptors (Lipinski definition) is 5. The molecule has 124 valence electrons. The van der Waals surface area contributed by atoms with Gasteiger partial charge in [-0.3, -0.25) is 9.35 Å². The molecule has 2 aromatic rings. The summed E-state index contributed by atoms with van der Waals surface area (Å²) in [5.74, 6) is 0.439. The highest BCUT2D eigenvalue weighted by atomic mass is 32.2. The zero-order valence-corrected chi connectivity index (χ0v) is 14.0. The normalized spacial score (nSPS) is 11.4. The van der Waals surface area contributed by atoms with Crippen LogP contribution in [0, 0.1) is 0 Å². The molecule has 0 fully saturated rings. The van der Waals surface area contributed by atoms with E-state index < -0.39 is 10.1 Å². The predicted molar refractivity (Wildman–Crippen MR) is 93.7 cm³/mol. The summed E-state index contributed by atoms with van der Waals surface area (Å²) in [4.78, 5) is 11.2. The molecular weight excluding hydrogens is 336 g/mol. The molecule has 0 saturated heterocycles. The van der Waals surface area contributed by atoms with Gasteiger partial charge in [0.15, 0.2) is 0 Å². The average molecular weight is 354 g/mol. The molecule has 0 bridgehead atoms. The van der Waals surface area contributed by atoms with Crippen LogP contribution in [0.2, 0.25) is 0 Å². The van der Waals surface area contributed by atoms with E-state index in [1.165, 1.54) is 6.07 Å². The third kappa shape index (κ3) is 4.60. The number of nitrogens with one attached hydrogen (secondary N) is 2. The van der Waals surface area contributed by atoms with Gasteiger partial charge in [0.05, 0.1) is 0 Å². The highest BCUT2D eigenvalue weighted by molar-refractivity contribution is 7.86. The second-order valence-corrected chi connectivity index (χ2v) is 6.72. The second kappa shape index (κ2) is 7.67. The van der Waals surface area contributed by atoms with Crippen LogP contribution in [0.5, 0.6) is 0 Å². The first-order valence-corrected chi connectivity index (χ1v) is 9.11. The minimum atomic E-state index is -4.28. The van der Waals surface area contributed by atoms with E-state index >= 15 is 0 Å². The first kappa shape index (κ1) is 17.6. The van der Waals surface area contributed by atoms with E-state index in [2.05, 4.69) is 23.3 Å². The summed E-state index contributed by atoms with van der Waals surface area (Å²) < 4.78 is 32.2. The molecule has 0 heterocycles. The summed E-state index contributed by atoms with van der Waals surface area (Å²) in [6.07, 6.45) is 0.370. The Morgan fingerprint density at radius 3 is 2.48 bits per heavy atom. The van der Waals surface area contributed by atoms with Crippen LogP contribution in [-0.2, 0) is 14.9 Å². The second-order valence-electron chi connectivity index (χ2n) is 4.88. The lowest BCUT2D eigenvalue weighted by molar-refractivity contribution is -0.120. The number of benzene rings is 2. The van der Waals surface area contributed by atoms with Gasteiger partial charge in [0, 0.05) is 36.0 Å². The van der Waals surface area contributed by atoms with Crippen LogP contribution >= 0.6 is 12.6 Å². The Labute approximate surface area is 140 Å². The molecule has 3 N–H and O–H groups in total. The minimum absolute atomic E-state index is 0.0617. The summed E-state index contributed by atoms with van der Waals surface area (Å²) in [6, 6.07) is 9.86. The van der Waals surface area contributed by atoms with Crippen molar-refractivity contribution >= 4 is 45.1 Å². The molecule has 8 heteroatoms. The molecule has 0 aliphatic rings. The Morgan fingerprint density at radius 1 is 1.09 bits per heavy atom. The quantitative estimate of drug-likeness (QED) is 0.346. The van der Waals surface area contributed by atoms with Crippen molar-refractivity contribution in [3.63, 3.8) is 0 Å². The smallest absolute Gasteiger partial charge is 0.295 e. The lowest BCUT2D eigenvalue weighted by Gasteiger charge is -2.12. The van der Waals surface area contributed by atoms with Crippen LogP contribution in [0.25, 0.3) is 10.8 Å². The zero-order valence-electron chi connectivity index (χ0n) is 12.3. The summed E-state index contributed by atoms with van der Waals surface area (Å²) in [6.45, 7) is 0.939. The molecule has 2 aromatic carbocycles. The lowest BCUT2D eigenvalue weighted by atomic mass is 10.1. The van der Waals surface area contributed by atoms with Crippen molar-refractivity contribution in [2.75, 3.05) is 24.2 Å². The zero-order chi connectivity index (χ0) is 16.9. The molecular formula is C15H18N2O4S2. The maximum Gasteiger partial charge on any atom is 0.295 e. The van der Waals surface area contributed by atoms with Crippen LogP contribution in [0.15, 0.2) is 41.3 Å². The molecule has 0 spiro atoms. The number of carbonyl (C=O) groups excluding carboxylic acids is 1. The highest BCUT2D eigenvalue weighted by Gasteiger charge is 2.14. The lowest BCUT2D eigenvalue weighted by Crippen LogP contribution is -2.28. The van der Waals surface area contributed by atoms with E-state index in [0.29, 0.717) is 36.0 Å². The molecule has 0 unspecified atom stereocenters. The van der Waals surface area contributed by atoms with Crippen molar-refractivity contribution in [2.24, 2.45) is 0 Å². The van der Waals surface area contributed by atoms with Gasteiger partial charge in [-0.1, -0.05) is 24.3 Å². The fourth-order valence-corrected chi connectivity index (χ4v) is 3.16. The molecule has 0 aliphatic carbocycles. The topological polar surface area (TPSA) is 95.5 Å². The molecule has 0 radical (unpaired) electrons. The first-order valence-electron chi connectivity index (χ1n) is 7.04. The van der Waals surface area contributed by atoms with Gasteiger partial charge in [0.1, 0.15) is 4.90 Å². The van der Waals surface area contributed by atoms with Gasteiger partial charge in [0.2, 0.25) is 5.91 Å². The number of anilines is 1. The van der Waals surface area contributed by atoms with Gasteiger partial charge in [-0.25, -0.2) is 0 Å². The standard InChI is InChI=1S/C15H18N2O4S2/c18-15(7-10-22)17-9-8-16-13-5-1-4-12-11(13)3-2-6-14(12)23(19,20)21/h1-6,16,22H,7-10H2,(H,17,18)(H,19,20,21). The van der Waals surface area contributed by atoms with Gasteiger partial charge < -0.3 is 10.6 Å². The van der Waals surface area contributed by atoms with Crippen molar-refractivity contribution in [2.45, 2.75) is 11.3 Å². The SMILES string of the molecule is O=C(CCS)NCCNc1cccc2c(S(=O)(=O)O)cccc12. The van der Waals surface area contributed by atoms with Crippen LogP contribution in [0.3, 0.4) is 0 Å². The summed E-state index contributed by atoms with van der Waals surface area (Å²) >= 11 is 3.99. The molecule has 2 rings (SSSR count). The summed E-state index contributed by atoms with van der Waals surface area (Å²) in [5, 5.41) is 7.03. The predicted octanol–water partition coefficient (Wildman–Crippen LogP) is 1.93. The Balaban J connectivity index is 2.15. The highest BCUT2D eigenvalue weighted by Crippen LogP contribution is 2.28. The third-order valence-electron chi connectivity index (χ3n) is 3.26. The summed E-state index contributed by atoms with van der Waals surface area (Å²) in [5.41, 5.74) is 0.733. The fraction of sp³-hybridized carbons (Fsp3) is 0.267. The van der Waals surface area contributed by atoms with Gasteiger partial charge >= 0.3 is 0 Å². The number of carbonyl (C=O) groups is 1. The van der Waals surface area contributed by atoms with Crippen molar-refractivity contribution < 1.29 is 17.8 Å². The van der Waals surface area contributed by atoms with Gasteiger partial charge in [-0.05, 0) is 17.9 Å². The molecule has 0 saturated carbocycles. The Bertz CT molecular complexity index is 806. The first-order chi connectivity index (χ1) is 10.9. The van der Waals surface area contributed by atoms with Gasteiger partial charge in [-0.15, -0.1) is 0 Å². The number of fused-ring (bicyclic) bond motifs is 1. The molecule has 0 atom stereocenters. The Kier molecular flexibility index (Phi) is 5.86. The Hall–Kier alpha value is -1.77. The largest absolute Gasteiger partial charge is 0.383 e. The summed E-state index contributed by atoms with van der Waals surface area (Å²) in [7, 11) is -4.28. The van der Waals surface area contributed by atoms with Crippen LogP contribution in [0.1, 0.15) is 6.42 Å². The van der Waals surface area contributed by atoms with E-state index in [4.69, 9.17) is 0 Å². The van der Waals surface area contributed by atoms with E-state index in [0.717, 1.165) is 5.69 Å². The number of hydrogen-bond donors (Lipinski definition) is 4. The minimum Gasteiger partial charge on any atom is -0.383 e. The average Bonchev–Trinajstić information content (AvgIpc) is 2.50.